The van der Waals surface area contributed by atoms with E-state index >= 15 is 0 Å². The van der Waals surface area contributed by atoms with E-state index in [-0.39, 0.29) is 30.7 Å². The fraction of sp³-hybridized carbons (Fsp3) is 0.579. The highest BCUT2D eigenvalue weighted by Crippen LogP contribution is 2.43. The molecule has 2 aliphatic rings. The largest absolute Gasteiger partial charge is 0.394 e. The van der Waals surface area contributed by atoms with Crippen molar-refractivity contribution in [1.82, 2.24) is 0 Å². The fourth-order valence-corrected chi connectivity index (χ4v) is 3.88. The molecule has 0 radical (unpaired) electrons. The van der Waals surface area contributed by atoms with Gasteiger partial charge >= 0.3 is 0 Å². The lowest BCUT2D eigenvalue weighted by Gasteiger charge is -2.17. The van der Waals surface area contributed by atoms with Crippen LogP contribution in [0.2, 0.25) is 0 Å². The van der Waals surface area contributed by atoms with Crippen LogP contribution in [0.5, 0.6) is 0 Å². The number of aliphatic hydroxyl groups excluding tert-OH is 3. The molecule has 23 heavy (non-hydrogen) atoms. The molecular formula is C19H26O4. The maximum Gasteiger partial charge on any atom is 0.0813 e. The van der Waals surface area contributed by atoms with Crippen molar-refractivity contribution in [1.29, 1.82) is 0 Å². The van der Waals surface area contributed by atoms with E-state index < -0.39 is 12.2 Å². The summed E-state index contributed by atoms with van der Waals surface area (Å²) in [5, 5.41) is 29.6. The third kappa shape index (κ3) is 4.01. The van der Waals surface area contributed by atoms with Crippen LogP contribution in [0, 0.1) is 11.8 Å². The van der Waals surface area contributed by atoms with E-state index in [1.54, 1.807) is 0 Å². The minimum Gasteiger partial charge on any atom is -0.394 e. The predicted molar refractivity (Wildman–Crippen MR) is 87.9 cm³/mol. The molecule has 1 aromatic rings. The number of ether oxygens (including phenoxy) is 1. The fourth-order valence-electron chi connectivity index (χ4n) is 3.88. The normalized spacial score (nSPS) is 34.8. The lowest BCUT2D eigenvalue weighted by atomic mass is 9.90. The summed E-state index contributed by atoms with van der Waals surface area (Å²) in [6, 6.07) is 10.1. The average molecular weight is 318 g/mol. The number of benzene rings is 1. The minimum atomic E-state index is -0.502. The molecule has 1 aromatic carbocycles. The van der Waals surface area contributed by atoms with E-state index in [1.807, 2.05) is 30.4 Å². The van der Waals surface area contributed by atoms with Gasteiger partial charge in [0.1, 0.15) is 0 Å². The van der Waals surface area contributed by atoms with E-state index in [4.69, 9.17) is 4.74 Å². The highest BCUT2D eigenvalue weighted by molar-refractivity contribution is 5.15. The first-order valence-electron chi connectivity index (χ1n) is 8.52. The SMILES string of the molecule is OCC1C[C@H]2C(C[C@@H](O)[C@@H]2/C=C/[C@@H](O)CCc2ccccc2)O1. The first-order chi connectivity index (χ1) is 11.2. The molecule has 3 N–H and O–H groups in total. The van der Waals surface area contributed by atoms with Crippen molar-refractivity contribution in [2.75, 3.05) is 6.61 Å². The summed E-state index contributed by atoms with van der Waals surface area (Å²) < 4.78 is 5.74. The van der Waals surface area contributed by atoms with Crippen LogP contribution in [0.4, 0.5) is 0 Å². The molecule has 1 heterocycles. The van der Waals surface area contributed by atoms with Crippen molar-refractivity contribution in [3.63, 3.8) is 0 Å². The molecule has 4 heteroatoms. The van der Waals surface area contributed by atoms with Crippen molar-refractivity contribution < 1.29 is 20.1 Å². The number of rotatable bonds is 6. The molecule has 1 saturated carbocycles. The first kappa shape index (κ1) is 16.7. The van der Waals surface area contributed by atoms with Crippen LogP contribution in [0.15, 0.2) is 42.5 Å². The summed E-state index contributed by atoms with van der Waals surface area (Å²) in [4.78, 5) is 0. The van der Waals surface area contributed by atoms with Gasteiger partial charge in [0, 0.05) is 12.3 Å². The van der Waals surface area contributed by atoms with E-state index in [2.05, 4.69) is 12.1 Å². The van der Waals surface area contributed by atoms with Crippen molar-refractivity contribution >= 4 is 0 Å². The van der Waals surface area contributed by atoms with Crippen LogP contribution < -0.4 is 0 Å². The van der Waals surface area contributed by atoms with Gasteiger partial charge in [0.2, 0.25) is 0 Å². The van der Waals surface area contributed by atoms with Crippen LogP contribution in [0.25, 0.3) is 0 Å². The second kappa shape index (κ2) is 7.58. The van der Waals surface area contributed by atoms with Crippen LogP contribution in [0.3, 0.4) is 0 Å². The van der Waals surface area contributed by atoms with Gasteiger partial charge in [0.25, 0.3) is 0 Å². The molecule has 2 unspecified atom stereocenters. The Hall–Kier alpha value is -1.20. The molecule has 1 saturated heterocycles. The molecule has 0 spiro atoms. The zero-order valence-corrected chi connectivity index (χ0v) is 13.3. The van der Waals surface area contributed by atoms with E-state index in [1.165, 1.54) is 5.56 Å². The Balaban J connectivity index is 1.52. The molecule has 2 fully saturated rings. The topological polar surface area (TPSA) is 69.9 Å². The molecular weight excluding hydrogens is 292 g/mol. The molecule has 4 nitrogen and oxygen atoms in total. The lowest BCUT2D eigenvalue weighted by Crippen LogP contribution is -2.20. The van der Waals surface area contributed by atoms with E-state index in [9.17, 15) is 15.3 Å². The molecule has 3 rings (SSSR count). The maximum atomic E-state index is 10.2. The molecule has 6 atom stereocenters. The number of hydrogen-bond acceptors (Lipinski definition) is 4. The van der Waals surface area contributed by atoms with Crippen LogP contribution >= 0.6 is 0 Å². The molecule has 0 aromatic heterocycles. The van der Waals surface area contributed by atoms with Gasteiger partial charge < -0.3 is 20.1 Å². The first-order valence-corrected chi connectivity index (χ1v) is 8.52. The Labute approximate surface area is 137 Å². The van der Waals surface area contributed by atoms with Crippen LogP contribution in [-0.2, 0) is 11.2 Å². The summed E-state index contributed by atoms with van der Waals surface area (Å²) >= 11 is 0. The van der Waals surface area contributed by atoms with Crippen molar-refractivity contribution in [2.45, 2.75) is 50.1 Å². The van der Waals surface area contributed by atoms with Crippen LogP contribution in [0.1, 0.15) is 24.8 Å². The number of hydrogen-bond donors (Lipinski definition) is 3. The van der Waals surface area contributed by atoms with Gasteiger partial charge in [0.15, 0.2) is 0 Å². The zero-order chi connectivity index (χ0) is 16.2. The Morgan fingerprint density at radius 2 is 2.00 bits per heavy atom. The van der Waals surface area contributed by atoms with Gasteiger partial charge in [0.05, 0.1) is 31.0 Å². The van der Waals surface area contributed by atoms with E-state index in [0.29, 0.717) is 12.8 Å². The zero-order valence-electron chi connectivity index (χ0n) is 13.3. The summed E-state index contributed by atoms with van der Waals surface area (Å²) in [6.45, 7) is 0.0409. The van der Waals surface area contributed by atoms with E-state index in [0.717, 1.165) is 12.8 Å². The summed E-state index contributed by atoms with van der Waals surface area (Å²) in [5.74, 6) is 0.266. The van der Waals surface area contributed by atoms with Crippen LogP contribution in [-0.4, -0.2) is 46.3 Å². The summed E-state index contributed by atoms with van der Waals surface area (Å²) in [5.41, 5.74) is 1.22. The number of aryl methyl sites for hydroxylation is 1. The van der Waals surface area contributed by atoms with Crippen molar-refractivity contribution in [3.05, 3.63) is 48.0 Å². The summed E-state index contributed by atoms with van der Waals surface area (Å²) in [6.07, 6.45) is 5.70. The molecule has 0 amide bonds. The smallest absolute Gasteiger partial charge is 0.0813 e. The van der Waals surface area contributed by atoms with Gasteiger partial charge in [-0.25, -0.2) is 0 Å². The summed E-state index contributed by atoms with van der Waals surface area (Å²) in [7, 11) is 0. The third-order valence-electron chi connectivity index (χ3n) is 5.12. The number of fused-ring (bicyclic) bond motifs is 1. The second-order valence-electron chi connectivity index (χ2n) is 6.74. The van der Waals surface area contributed by atoms with Crippen molar-refractivity contribution in [2.24, 2.45) is 11.8 Å². The van der Waals surface area contributed by atoms with Gasteiger partial charge in [-0.3, -0.25) is 0 Å². The molecule has 126 valence electrons. The second-order valence-corrected chi connectivity index (χ2v) is 6.74. The highest BCUT2D eigenvalue weighted by Gasteiger charge is 2.47. The Morgan fingerprint density at radius 3 is 2.74 bits per heavy atom. The van der Waals surface area contributed by atoms with Crippen molar-refractivity contribution in [3.8, 4) is 0 Å². The maximum absolute atomic E-state index is 10.2. The van der Waals surface area contributed by atoms with Gasteiger partial charge in [-0.1, -0.05) is 42.5 Å². The Bertz CT molecular complexity index is 515. The quantitative estimate of drug-likeness (QED) is 0.698. The molecule has 1 aliphatic carbocycles. The Kier molecular flexibility index (Phi) is 5.49. The number of aliphatic hydroxyl groups is 3. The standard InChI is InChI=1S/C19H26O4/c20-12-15-10-17-16(18(22)11-19(17)23-15)9-8-14(21)7-6-13-4-2-1-3-5-13/h1-5,8-9,14-22H,6-7,10-12H2/b9-8+/t14-,15?,16+,17+,18+,19?/m0/s1. The monoisotopic (exact) mass is 318 g/mol. The van der Waals surface area contributed by atoms with Gasteiger partial charge in [-0.2, -0.15) is 0 Å². The molecule has 1 aliphatic heterocycles. The van der Waals surface area contributed by atoms with Gasteiger partial charge in [-0.15, -0.1) is 0 Å². The average Bonchev–Trinajstić information content (AvgIpc) is 3.08. The predicted octanol–water partition coefficient (Wildman–Crippen LogP) is 1.68. The minimum absolute atomic E-state index is 0.0166. The van der Waals surface area contributed by atoms with Gasteiger partial charge in [-0.05, 0) is 30.7 Å². The Morgan fingerprint density at radius 1 is 1.22 bits per heavy atom. The molecule has 0 bridgehead atoms. The third-order valence-corrected chi connectivity index (χ3v) is 5.12. The lowest BCUT2D eigenvalue weighted by molar-refractivity contribution is 0.000310. The highest BCUT2D eigenvalue weighted by atomic mass is 16.5.